The molecular weight excluding hydrogens is 459 g/mol. The molecule has 0 aliphatic rings. The van der Waals surface area contributed by atoms with Gasteiger partial charge in [0.2, 0.25) is 0 Å². The SMILES string of the molecule is COc1ccc(Br)cc1C(Br)c1cc(Cl)ccc1Br. The quantitative estimate of drug-likeness (QED) is 0.476. The van der Waals surface area contributed by atoms with Crippen LogP contribution < -0.4 is 4.74 Å². The molecule has 0 N–H and O–H groups in total. The van der Waals surface area contributed by atoms with Gasteiger partial charge in [-0.25, -0.2) is 0 Å². The van der Waals surface area contributed by atoms with E-state index in [9.17, 15) is 0 Å². The summed E-state index contributed by atoms with van der Waals surface area (Å²) in [5.41, 5.74) is 2.10. The lowest BCUT2D eigenvalue weighted by Gasteiger charge is -2.16. The topological polar surface area (TPSA) is 9.23 Å². The molecule has 0 heterocycles. The van der Waals surface area contributed by atoms with Crippen LogP contribution in [-0.4, -0.2) is 7.11 Å². The molecular formula is C14H10Br3ClO. The van der Waals surface area contributed by atoms with Gasteiger partial charge < -0.3 is 4.74 Å². The molecule has 0 saturated heterocycles. The number of rotatable bonds is 3. The Morgan fingerprint density at radius 2 is 1.79 bits per heavy atom. The van der Waals surface area contributed by atoms with Crippen molar-refractivity contribution in [2.75, 3.05) is 7.11 Å². The number of hydrogen-bond acceptors (Lipinski definition) is 1. The van der Waals surface area contributed by atoms with Crippen molar-refractivity contribution in [1.82, 2.24) is 0 Å². The van der Waals surface area contributed by atoms with Crippen LogP contribution in [-0.2, 0) is 0 Å². The fourth-order valence-corrected chi connectivity index (χ4v) is 3.86. The van der Waals surface area contributed by atoms with E-state index in [0.717, 1.165) is 25.8 Å². The second-order valence-corrected chi connectivity index (χ2v) is 7.04. The molecule has 1 unspecified atom stereocenters. The first-order valence-corrected chi connectivity index (χ1v) is 8.33. The summed E-state index contributed by atoms with van der Waals surface area (Å²) in [7, 11) is 1.67. The third-order valence-electron chi connectivity index (χ3n) is 2.70. The van der Waals surface area contributed by atoms with Gasteiger partial charge in [-0.2, -0.15) is 0 Å². The lowest BCUT2D eigenvalue weighted by atomic mass is 10.0. The van der Waals surface area contributed by atoms with Gasteiger partial charge in [0.25, 0.3) is 0 Å². The fourth-order valence-electron chi connectivity index (χ4n) is 1.78. The summed E-state index contributed by atoms with van der Waals surface area (Å²) < 4.78 is 7.42. The highest BCUT2D eigenvalue weighted by molar-refractivity contribution is 9.11. The van der Waals surface area contributed by atoms with Crippen LogP contribution in [0.2, 0.25) is 5.02 Å². The Kier molecular flexibility index (Phi) is 5.35. The summed E-state index contributed by atoms with van der Waals surface area (Å²) in [6, 6.07) is 11.7. The van der Waals surface area contributed by atoms with Crippen LogP contribution >= 0.6 is 59.4 Å². The van der Waals surface area contributed by atoms with Gasteiger partial charge in [0.05, 0.1) is 11.9 Å². The van der Waals surface area contributed by atoms with Crippen molar-refractivity contribution < 1.29 is 4.74 Å². The first-order chi connectivity index (χ1) is 9.02. The molecule has 2 rings (SSSR count). The van der Waals surface area contributed by atoms with Crippen molar-refractivity contribution in [2.24, 2.45) is 0 Å². The van der Waals surface area contributed by atoms with E-state index in [2.05, 4.69) is 47.8 Å². The highest BCUT2D eigenvalue weighted by atomic mass is 79.9. The Balaban J connectivity index is 2.51. The first-order valence-electron chi connectivity index (χ1n) is 5.45. The molecule has 1 atom stereocenters. The molecule has 0 fully saturated rings. The smallest absolute Gasteiger partial charge is 0.123 e. The van der Waals surface area contributed by atoms with E-state index >= 15 is 0 Å². The van der Waals surface area contributed by atoms with Crippen LogP contribution in [0.3, 0.4) is 0 Å². The minimum absolute atomic E-state index is 0.00646. The molecule has 5 heteroatoms. The minimum Gasteiger partial charge on any atom is -0.496 e. The van der Waals surface area contributed by atoms with Crippen LogP contribution in [0.4, 0.5) is 0 Å². The number of methoxy groups -OCH3 is 1. The molecule has 0 bridgehead atoms. The number of alkyl halides is 1. The third-order valence-corrected chi connectivity index (χ3v) is 5.13. The summed E-state index contributed by atoms with van der Waals surface area (Å²) in [6.07, 6.45) is 0. The van der Waals surface area contributed by atoms with Crippen LogP contribution in [0, 0.1) is 0 Å². The monoisotopic (exact) mass is 466 g/mol. The van der Waals surface area contributed by atoms with Crippen molar-refractivity contribution in [1.29, 1.82) is 0 Å². The second-order valence-electron chi connectivity index (χ2n) is 3.91. The molecule has 100 valence electrons. The van der Waals surface area contributed by atoms with Crippen molar-refractivity contribution in [3.63, 3.8) is 0 Å². The summed E-state index contributed by atoms with van der Waals surface area (Å²) in [6.45, 7) is 0. The number of halogens is 4. The van der Waals surface area contributed by atoms with Gasteiger partial charge in [0, 0.05) is 19.5 Å². The van der Waals surface area contributed by atoms with Crippen molar-refractivity contribution in [2.45, 2.75) is 4.83 Å². The second kappa shape index (κ2) is 6.61. The lowest BCUT2D eigenvalue weighted by Crippen LogP contribution is -1.98. The van der Waals surface area contributed by atoms with E-state index in [1.165, 1.54) is 0 Å². The average molecular weight is 469 g/mol. The molecule has 2 aromatic carbocycles. The predicted octanol–water partition coefficient (Wildman–Crippen LogP) is 6.36. The van der Waals surface area contributed by atoms with Crippen LogP contribution in [0.15, 0.2) is 45.3 Å². The van der Waals surface area contributed by atoms with E-state index in [1.807, 2.05) is 36.4 Å². The van der Waals surface area contributed by atoms with Gasteiger partial charge in [0.15, 0.2) is 0 Å². The molecule has 0 aromatic heterocycles. The van der Waals surface area contributed by atoms with E-state index in [-0.39, 0.29) is 4.83 Å². The Hall–Kier alpha value is -0.0300. The first kappa shape index (κ1) is 15.4. The highest BCUT2D eigenvalue weighted by Crippen LogP contribution is 2.41. The Labute approximate surface area is 142 Å². The van der Waals surface area contributed by atoms with Gasteiger partial charge in [-0.15, -0.1) is 0 Å². The van der Waals surface area contributed by atoms with Gasteiger partial charge in [-0.05, 0) is 42.0 Å². The molecule has 19 heavy (non-hydrogen) atoms. The molecule has 0 amide bonds. The van der Waals surface area contributed by atoms with E-state index in [1.54, 1.807) is 7.11 Å². The normalized spacial score (nSPS) is 12.3. The summed E-state index contributed by atoms with van der Waals surface area (Å²) in [4.78, 5) is -0.00646. The molecule has 0 aliphatic carbocycles. The maximum absolute atomic E-state index is 6.07. The number of ether oxygens (including phenoxy) is 1. The van der Waals surface area contributed by atoms with E-state index in [0.29, 0.717) is 5.02 Å². The van der Waals surface area contributed by atoms with Gasteiger partial charge in [0.1, 0.15) is 5.75 Å². The molecule has 1 nitrogen and oxygen atoms in total. The van der Waals surface area contributed by atoms with Crippen LogP contribution in [0.25, 0.3) is 0 Å². The Morgan fingerprint density at radius 1 is 1.05 bits per heavy atom. The van der Waals surface area contributed by atoms with E-state index < -0.39 is 0 Å². The molecule has 0 aliphatic heterocycles. The molecule has 0 radical (unpaired) electrons. The van der Waals surface area contributed by atoms with Gasteiger partial charge >= 0.3 is 0 Å². The standard InChI is InChI=1S/C14H10Br3ClO/c1-19-13-5-2-8(15)6-11(13)14(17)10-7-9(18)3-4-12(10)16/h2-7,14H,1H3. The van der Waals surface area contributed by atoms with Crippen molar-refractivity contribution in [3.05, 3.63) is 61.5 Å². The molecule has 2 aromatic rings. The minimum atomic E-state index is -0.00646. The Bertz CT molecular complexity index is 601. The highest BCUT2D eigenvalue weighted by Gasteiger charge is 2.18. The van der Waals surface area contributed by atoms with Gasteiger partial charge in [-0.3, -0.25) is 0 Å². The lowest BCUT2D eigenvalue weighted by molar-refractivity contribution is 0.410. The number of hydrogen-bond donors (Lipinski definition) is 0. The maximum Gasteiger partial charge on any atom is 0.123 e. The maximum atomic E-state index is 6.07. The zero-order chi connectivity index (χ0) is 14.0. The average Bonchev–Trinajstić information content (AvgIpc) is 2.40. The van der Waals surface area contributed by atoms with Crippen molar-refractivity contribution >= 4 is 59.4 Å². The zero-order valence-electron chi connectivity index (χ0n) is 9.96. The van der Waals surface area contributed by atoms with Crippen LogP contribution in [0.5, 0.6) is 5.75 Å². The number of benzene rings is 2. The summed E-state index contributed by atoms with van der Waals surface area (Å²) >= 11 is 16.8. The zero-order valence-corrected chi connectivity index (χ0v) is 15.5. The molecule has 0 spiro atoms. The Morgan fingerprint density at radius 3 is 2.47 bits per heavy atom. The largest absolute Gasteiger partial charge is 0.496 e. The van der Waals surface area contributed by atoms with Crippen LogP contribution in [0.1, 0.15) is 16.0 Å². The third kappa shape index (κ3) is 3.54. The summed E-state index contributed by atoms with van der Waals surface area (Å²) in [5, 5.41) is 0.705. The van der Waals surface area contributed by atoms with Crippen molar-refractivity contribution in [3.8, 4) is 5.75 Å². The molecule has 0 saturated carbocycles. The van der Waals surface area contributed by atoms with E-state index in [4.69, 9.17) is 16.3 Å². The van der Waals surface area contributed by atoms with Gasteiger partial charge in [-0.1, -0.05) is 59.4 Å². The predicted molar refractivity (Wildman–Crippen MR) is 90.6 cm³/mol. The fraction of sp³-hybridized carbons (Fsp3) is 0.143. The summed E-state index contributed by atoms with van der Waals surface area (Å²) in [5.74, 6) is 0.831.